The summed E-state index contributed by atoms with van der Waals surface area (Å²) in [6.45, 7) is 3.67. The Labute approximate surface area is 162 Å². The SMILES string of the molecule is CC(C)Oc1ccc(C(=O)O)cc1NC(=O)c1cccc(NC(=O)C2CC2)c1. The average molecular weight is 382 g/mol. The topological polar surface area (TPSA) is 105 Å². The van der Waals surface area contributed by atoms with Gasteiger partial charge in [0, 0.05) is 17.2 Å². The van der Waals surface area contributed by atoms with E-state index in [2.05, 4.69) is 10.6 Å². The van der Waals surface area contributed by atoms with Gasteiger partial charge in [0.05, 0.1) is 17.4 Å². The molecule has 146 valence electrons. The molecule has 0 spiro atoms. The average Bonchev–Trinajstić information content (AvgIpc) is 3.48. The highest BCUT2D eigenvalue weighted by Crippen LogP contribution is 2.30. The van der Waals surface area contributed by atoms with E-state index in [1.807, 2.05) is 13.8 Å². The van der Waals surface area contributed by atoms with Crippen LogP contribution in [0.1, 0.15) is 47.4 Å². The fraction of sp³-hybridized carbons (Fsp3) is 0.286. The predicted molar refractivity (Wildman–Crippen MR) is 105 cm³/mol. The Bertz CT molecular complexity index is 919. The first-order chi connectivity index (χ1) is 13.3. The lowest BCUT2D eigenvalue weighted by Crippen LogP contribution is -2.17. The number of ether oxygens (including phenoxy) is 1. The number of amides is 2. The monoisotopic (exact) mass is 382 g/mol. The minimum absolute atomic E-state index is 0.0388. The van der Waals surface area contributed by atoms with Gasteiger partial charge in [-0.1, -0.05) is 6.07 Å². The normalized spacial score (nSPS) is 13.1. The minimum atomic E-state index is -1.10. The van der Waals surface area contributed by atoms with Crippen LogP contribution in [0.4, 0.5) is 11.4 Å². The van der Waals surface area contributed by atoms with E-state index in [4.69, 9.17) is 4.74 Å². The number of benzene rings is 2. The lowest BCUT2D eigenvalue weighted by Gasteiger charge is -2.16. The zero-order valence-corrected chi connectivity index (χ0v) is 15.7. The molecule has 0 unspecified atom stereocenters. The number of carbonyl (C=O) groups is 3. The van der Waals surface area contributed by atoms with Gasteiger partial charge in [0.1, 0.15) is 5.75 Å². The number of anilines is 2. The highest BCUT2D eigenvalue weighted by Gasteiger charge is 2.29. The molecule has 28 heavy (non-hydrogen) atoms. The molecule has 0 heterocycles. The molecular weight excluding hydrogens is 360 g/mol. The molecule has 0 bridgehead atoms. The Balaban J connectivity index is 1.80. The Hall–Kier alpha value is -3.35. The van der Waals surface area contributed by atoms with E-state index in [-0.39, 0.29) is 29.2 Å². The maximum absolute atomic E-state index is 12.7. The number of carbonyl (C=O) groups excluding carboxylic acids is 2. The van der Waals surface area contributed by atoms with Crippen LogP contribution in [0.15, 0.2) is 42.5 Å². The molecule has 0 atom stereocenters. The molecule has 2 aromatic carbocycles. The molecule has 7 nitrogen and oxygen atoms in total. The van der Waals surface area contributed by atoms with Crippen LogP contribution in [0.2, 0.25) is 0 Å². The second-order valence-corrected chi connectivity index (χ2v) is 6.98. The summed E-state index contributed by atoms with van der Waals surface area (Å²) in [4.78, 5) is 35.9. The second-order valence-electron chi connectivity index (χ2n) is 6.98. The van der Waals surface area contributed by atoms with Crippen molar-refractivity contribution in [3.63, 3.8) is 0 Å². The summed E-state index contributed by atoms with van der Waals surface area (Å²) in [6.07, 6.45) is 1.64. The predicted octanol–water partition coefficient (Wildman–Crippen LogP) is 3.77. The van der Waals surface area contributed by atoms with Gasteiger partial charge in [-0.3, -0.25) is 9.59 Å². The summed E-state index contributed by atoms with van der Waals surface area (Å²) in [5.74, 6) is -1.13. The van der Waals surface area contributed by atoms with E-state index in [1.54, 1.807) is 24.3 Å². The molecule has 0 radical (unpaired) electrons. The smallest absolute Gasteiger partial charge is 0.335 e. The van der Waals surface area contributed by atoms with Crippen LogP contribution in [-0.4, -0.2) is 29.0 Å². The molecule has 3 rings (SSSR count). The van der Waals surface area contributed by atoms with Crippen molar-refractivity contribution in [2.45, 2.75) is 32.8 Å². The van der Waals surface area contributed by atoms with Gasteiger partial charge < -0.3 is 20.5 Å². The molecular formula is C21H22N2O5. The van der Waals surface area contributed by atoms with E-state index in [9.17, 15) is 19.5 Å². The summed E-state index contributed by atoms with van der Waals surface area (Å²) < 4.78 is 5.66. The van der Waals surface area contributed by atoms with Gasteiger partial charge in [-0.05, 0) is 63.1 Å². The molecule has 0 saturated heterocycles. The molecule has 1 saturated carbocycles. The van der Waals surface area contributed by atoms with Crippen LogP contribution >= 0.6 is 0 Å². The van der Waals surface area contributed by atoms with E-state index in [1.165, 1.54) is 18.2 Å². The third-order valence-corrected chi connectivity index (χ3v) is 4.18. The Morgan fingerprint density at radius 3 is 2.43 bits per heavy atom. The number of hydrogen-bond acceptors (Lipinski definition) is 4. The third kappa shape index (κ3) is 4.88. The van der Waals surface area contributed by atoms with Crippen LogP contribution in [-0.2, 0) is 4.79 Å². The number of aromatic carboxylic acids is 1. The van der Waals surface area contributed by atoms with Crippen molar-refractivity contribution in [3.8, 4) is 5.75 Å². The van der Waals surface area contributed by atoms with Gasteiger partial charge in [-0.15, -0.1) is 0 Å². The lowest BCUT2D eigenvalue weighted by molar-refractivity contribution is -0.117. The van der Waals surface area contributed by atoms with Crippen molar-refractivity contribution in [1.82, 2.24) is 0 Å². The molecule has 0 aromatic heterocycles. The lowest BCUT2D eigenvalue weighted by atomic mass is 10.1. The molecule has 2 amide bonds. The van der Waals surface area contributed by atoms with E-state index in [0.29, 0.717) is 17.0 Å². The van der Waals surface area contributed by atoms with Crippen molar-refractivity contribution in [3.05, 3.63) is 53.6 Å². The molecule has 7 heteroatoms. The Morgan fingerprint density at radius 1 is 1.04 bits per heavy atom. The van der Waals surface area contributed by atoms with Crippen molar-refractivity contribution in [2.75, 3.05) is 10.6 Å². The van der Waals surface area contributed by atoms with Crippen molar-refractivity contribution < 1.29 is 24.2 Å². The minimum Gasteiger partial charge on any atom is -0.489 e. The molecule has 0 aliphatic heterocycles. The number of carboxylic acids is 1. The van der Waals surface area contributed by atoms with Gasteiger partial charge in [-0.25, -0.2) is 4.79 Å². The highest BCUT2D eigenvalue weighted by atomic mass is 16.5. The van der Waals surface area contributed by atoms with Crippen molar-refractivity contribution in [1.29, 1.82) is 0 Å². The zero-order valence-electron chi connectivity index (χ0n) is 15.7. The van der Waals surface area contributed by atoms with Crippen LogP contribution < -0.4 is 15.4 Å². The first kappa shape index (κ1) is 19.4. The van der Waals surface area contributed by atoms with Crippen molar-refractivity contribution in [2.24, 2.45) is 5.92 Å². The van der Waals surface area contributed by atoms with Crippen LogP contribution in [0, 0.1) is 5.92 Å². The van der Waals surface area contributed by atoms with Gasteiger partial charge in [0.25, 0.3) is 5.91 Å². The van der Waals surface area contributed by atoms with E-state index < -0.39 is 11.9 Å². The fourth-order valence-electron chi connectivity index (χ4n) is 2.64. The van der Waals surface area contributed by atoms with Gasteiger partial charge in [0.2, 0.25) is 5.91 Å². The van der Waals surface area contributed by atoms with Gasteiger partial charge in [0.15, 0.2) is 0 Å². The Kier molecular flexibility index (Phi) is 5.63. The maximum atomic E-state index is 12.7. The number of nitrogens with one attached hydrogen (secondary N) is 2. The Morgan fingerprint density at radius 2 is 1.79 bits per heavy atom. The van der Waals surface area contributed by atoms with Crippen LogP contribution in [0.5, 0.6) is 5.75 Å². The second kappa shape index (κ2) is 8.12. The summed E-state index contributed by atoms with van der Waals surface area (Å²) in [6, 6.07) is 10.9. The first-order valence-corrected chi connectivity index (χ1v) is 9.10. The van der Waals surface area contributed by atoms with E-state index >= 15 is 0 Å². The van der Waals surface area contributed by atoms with E-state index in [0.717, 1.165) is 12.8 Å². The van der Waals surface area contributed by atoms with Crippen molar-refractivity contribution >= 4 is 29.2 Å². The number of hydrogen-bond donors (Lipinski definition) is 3. The third-order valence-electron chi connectivity index (χ3n) is 4.18. The standard InChI is InChI=1S/C21H22N2O5/c1-12(2)28-18-9-8-15(21(26)27)11-17(18)23-20(25)14-4-3-5-16(10-14)22-19(24)13-6-7-13/h3-5,8-13H,6-7H2,1-2H3,(H,22,24)(H,23,25)(H,26,27). The summed E-state index contributed by atoms with van der Waals surface area (Å²) in [5.41, 5.74) is 1.19. The van der Waals surface area contributed by atoms with Crippen LogP contribution in [0.3, 0.4) is 0 Å². The van der Waals surface area contributed by atoms with Crippen LogP contribution in [0.25, 0.3) is 0 Å². The molecule has 1 aliphatic rings. The molecule has 3 N–H and O–H groups in total. The maximum Gasteiger partial charge on any atom is 0.335 e. The zero-order chi connectivity index (χ0) is 20.3. The number of carboxylic acid groups (broad SMARTS) is 1. The van der Waals surface area contributed by atoms with Gasteiger partial charge in [-0.2, -0.15) is 0 Å². The number of rotatable bonds is 7. The summed E-state index contributed by atoms with van der Waals surface area (Å²) in [7, 11) is 0. The van der Waals surface area contributed by atoms with Gasteiger partial charge >= 0.3 is 5.97 Å². The summed E-state index contributed by atoms with van der Waals surface area (Å²) >= 11 is 0. The molecule has 1 fully saturated rings. The quantitative estimate of drug-likeness (QED) is 0.676. The molecule has 1 aliphatic carbocycles. The fourth-order valence-corrected chi connectivity index (χ4v) is 2.64. The highest BCUT2D eigenvalue weighted by molar-refractivity contribution is 6.06. The first-order valence-electron chi connectivity index (χ1n) is 9.10. The largest absolute Gasteiger partial charge is 0.489 e. The summed E-state index contributed by atoms with van der Waals surface area (Å²) in [5, 5.41) is 14.7. The molecule has 2 aromatic rings.